The number of benzene rings is 2. The van der Waals surface area contributed by atoms with Gasteiger partial charge in [0.25, 0.3) is 0 Å². The Morgan fingerprint density at radius 2 is 1.84 bits per heavy atom. The normalized spacial score (nSPS) is 14.0. The Morgan fingerprint density at radius 3 is 2.45 bits per heavy atom. The van der Waals surface area contributed by atoms with Crippen molar-refractivity contribution in [3.05, 3.63) is 59.2 Å². The first-order valence-electron chi connectivity index (χ1n) is 10.3. The molecular weight excluding hydrogens is 525 g/mol. The maximum Gasteiger partial charge on any atom is 0.191 e. The number of ether oxygens (including phenoxy) is 1. The topological polar surface area (TPSA) is 79.8 Å². The second-order valence-electron chi connectivity index (χ2n) is 7.88. The van der Waals surface area contributed by atoms with Crippen LogP contribution in [0, 0.1) is 12.8 Å². The molecule has 0 spiro atoms. The molecule has 2 N–H and O–H groups in total. The number of rotatable bonds is 9. The van der Waals surface area contributed by atoms with Crippen molar-refractivity contribution in [1.82, 2.24) is 10.6 Å². The summed E-state index contributed by atoms with van der Waals surface area (Å²) in [5.41, 5.74) is 3.37. The Labute approximate surface area is 202 Å². The van der Waals surface area contributed by atoms with Crippen LogP contribution in [0.25, 0.3) is 0 Å². The number of aliphatic imine (C=N–C) groups is 1. The van der Waals surface area contributed by atoms with Crippen LogP contribution in [0.4, 0.5) is 0 Å². The Kier molecular flexibility index (Phi) is 9.61. The third kappa shape index (κ3) is 8.33. The Morgan fingerprint density at radius 1 is 1.13 bits per heavy atom. The number of halogens is 1. The van der Waals surface area contributed by atoms with E-state index in [-0.39, 0.29) is 24.0 Å². The number of nitrogens with one attached hydrogen (secondary N) is 2. The number of hydrogen-bond donors (Lipinski definition) is 2. The van der Waals surface area contributed by atoms with E-state index in [0.717, 1.165) is 35.9 Å². The van der Waals surface area contributed by atoms with E-state index in [0.29, 0.717) is 23.9 Å². The lowest BCUT2D eigenvalue weighted by Gasteiger charge is -2.15. The fourth-order valence-electron chi connectivity index (χ4n) is 3.06. The molecule has 0 bridgehead atoms. The molecule has 0 unspecified atom stereocenters. The highest BCUT2D eigenvalue weighted by atomic mass is 127. The van der Waals surface area contributed by atoms with Gasteiger partial charge in [-0.15, -0.1) is 24.0 Å². The van der Waals surface area contributed by atoms with Crippen molar-refractivity contribution in [3.8, 4) is 5.75 Å². The minimum atomic E-state index is -3.16. The van der Waals surface area contributed by atoms with Crippen molar-refractivity contribution in [2.45, 2.75) is 37.6 Å². The van der Waals surface area contributed by atoms with Crippen molar-refractivity contribution < 1.29 is 13.2 Å². The van der Waals surface area contributed by atoms with Gasteiger partial charge in [0, 0.05) is 32.0 Å². The molecule has 0 atom stereocenters. The van der Waals surface area contributed by atoms with Crippen LogP contribution in [0.2, 0.25) is 0 Å². The van der Waals surface area contributed by atoms with Crippen molar-refractivity contribution in [3.63, 3.8) is 0 Å². The van der Waals surface area contributed by atoms with Crippen LogP contribution in [0.15, 0.2) is 52.4 Å². The van der Waals surface area contributed by atoms with E-state index in [1.807, 2.05) is 12.1 Å². The average Bonchev–Trinajstić information content (AvgIpc) is 3.54. The lowest BCUT2D eigenvalue weighted by molar-refractivity contribution is 0.296. The quantitative estimate of drug-likeness (QED) is 0.279. The first-order chi connectivity index (χ1) is 14.3. The number of guanidine groups is 1. The zero-order valence-electron chi connectivity index (χ0n) is 18.3. The molecule has 170 valence electrons. The molecule has 0 heterocycles. The van der Waals surface area contributed by atoms with Crippen molar-refractivity contribution in [1.29, 1.82) is 0 Å². The molecular formula is C23H32IN3O3S. The number of nitrogens with zero attached hydrogens (tertiary/aromatic N) is 1. The first kappa shape index (κ1) is 25.5. The summed E-state index contributed by atoms with van der Waals surface area (Å²) in [4.78, 5) is 4.63. The minimum absolute atomic E-state index is 0. The molecule has 2 aromatic carbocycles. The fourth-order valence-corrected chi connectivity index (χ4v) is 3.69. The third-order valence-electron chi connectivity index (χ3n) is 5.12. The molecule has 3 rings (SSSR count). The van der Waals surface area contributed by atoms with Gasteiger partial charge < -0.3 is 15.4 Å². The first-order valence-corrected chi connectivity index (χ1v) is 12.2. The summed E-state index contributed by atoms with van der Waals surface area (Å²) in [7, 11) is -1.41. The van der Waals surface area contributed by atoms with Crippen molar-refractivity contribution in [2.24, 2.45) is 10.9 Å². The predicted octanol–water partition coefficient (Wildman–Crippen LogP) is 3.71. The van der Waals surface area contributed by atoms with Crippen LogP contribution in [0.3, 0.4) is 0 Å². The summed E-state index contributed by atoms with van der Waals surface area (Å²) in [6.07, 6.45) is 4.53. The summed E-state index contributed by atoms with van der Waals surface area (Å²) in [6.45, 7) is 4.19. The standard InChI is InChI=1S/C23H31N3O3S.HI/c1-17-4-9-20(22(14-17)29-16-19-5-6-19)15-26-23(24-2)25-13-12-18-7-10-21(11-8-18)30(3,27)28;/h4,7-11,14,19H,5-6,12-13,15-16H2,1-3H3,(H2,24,25,26);1H. The lowest BCUT2D eigenvalue weighted by atomic mass is 10.1. The Bertz CT molecular complexity index is 988. The highest BCUT2D eigenvalue weighted by Crippen LogP contribution is 2.30. The van der Waals surface area contributed by atoms with Gasteiger partial charge in [-0.05, 0) is 61.4 Å². The smallest absolute Gasteiger partial charge is 0.191 e. The molecule has 6 nitrogen and oxygen atoms in total. The Balaban J connectivity index is 0.00000341. The van der Waals surface area contributed by atoms with E-state index in [2.05, 4.69) is 40.7 Å². The molecule has 0 aliphatic heterocycles. The van der Waals surface area contributed by atoms with Crippen LogP contribution in [-0.2, 0) is 22.8 Å². The van der Waals surface area contributed by atoms with E-state index >= 15 is 0 Å². The minimum Gasteiger partial charge on any atom is -0.493 e. The van der Waals surface area contributed by atoms with Gasteiger partial charge in [-0.2, -0.15) is 0 Å². The molecule has 0 amide bonds. The van der Waals surface area contributed by atoms with Gasteiger partial charge in [0.05, 0.1) is 11.5 Å². The second-order valence-corrected chi connectivity index (χ2v) is 9.90. The number of hydrogen-bond acceptors (Lipinski definition) is 4. The van der Waals surface area contributed by atoms with Gasteiger partial charge in [-0.3, -0.25) is 4.99 Å². The monoisotopic (exact) mass is 557 g/mol. The fraction of sp³-hybridized carbons (Fsp3) is 0.435. The zero-order valence-corrected chi connectivity index (χ0v) is 21.5. The van der Waals surface area contributed by atoms with Gasteiger partial charge in [0.1, 0.15) is 5.75 Å². The summed E-state index contributed by atoms with van der Waals surface area (Å²) in [5.74, 6) is 2.37. The second kappa shape index (κ2) is 11.7. The average molecular weight is 557 g/mol. The third-order valence-corrected chi connectivity index (χ3v) is 6.25. The summed E-state index contributed by atoms with van der Waals surface area (Å²) >= 11 is 0. The van der Waals surface area contributed by atoms with Gasteiger partial charge in [0.2, 0.25) is 0 Å². The highest BCUT2D eigenvalue weighted by Gasteiger charge is 2.22. The predicted molar refractivity (Wildman–Crippen MR) is 136 cm³/mol. The molecule has 0 radical (unpaired) electrons. The van der Waals surface area contributed by atoms with E-state index in [9.17, 15) is 8.42 Å². The molecule has 1 aliphatic carbocycles. The molecule has 31 heavy (non-hydrogen) atoms. The molecule has 1 fully saturated rings. The van der Waals surface area contributed by atoms with Gasteiger partial charge in [-0.1, -0.05) is 24.3 Å². The summed E-state index contributed by atoms with van der Waals surface area (Å²) in [6, 6.07) is 13.3. The van der Waals surface area contributed by atoms with Gasteiger partial charge >= 0.3 is 0 Å². The molecule has 0 saturated heterocycles. The van der Waals surface area contributed by atoms with Gasteiger partial charge in [-0.25, -0.2) is 8.42 Å². The summed E-state index contributed by atoms with van der Waals surface area (Å²) < 4.78 is 29.1. The number of aryl methyl sites for hydroxylation is 1. The van der Waals surface area contributed by atoms with E-state index in [1.165, 1.54) is 24.7 Å². The van der Waals surface area contributed by atoms with Crippen LogP contribution < -0.4 is 15.4 Å². The zero-order chi connectivity index (χ0) is 21.6. The van der Waals surface area contributed by atoms with Crippen LogP contribution in [0.1, 0.15) is 29.5 Å². The van der Waals surface area contributed by atoms with Gasteiger partial charge in [0.15, 0.2) is 15.8 Å². The molecule has 0 aromatic heterocycles. The molecule has 2 aromatic rings. The maximum atomic E-state index is 11.5. The van der Waals surface area contributed by atoms with E-state index < -0.39 is 9.84 Å². The largest absolute Gasteiger partial charge is 0.493 e. The highest BCUT2D eigenvalue weighted by molar-refractivity contribution is 14.0. The maximum absolute atomic E-state index is 11.5. The Hall–Kier alpha value is -1.81. The summed E-state index contributed by atoms with van der Waals surface area (Å²) in [5, 5.41) is 6.65. The lowest BCUT2D eigenvalue weighted by Crippen LogP contribution is -2.37. The molecule has 8 heteroatoms. The van der Waals surface area contributed by atoms with Crippen LogP contribution in [-0.4, -0.2) is 40.8 Å². The number of sulfone groups is 1. The SMILES string of the molecule is CN=C(NCCc1ccc(S(C)(=O)=O)cc1)NCc1ccc(C)cc1OCC1CC1.I. The van der Waals surface area contributed by atoms with Crippen LogP contribution >= 0.6 is 24.0 Å². The van der Waals surface area contributed by atoms with E-state index in [1.54, 1.807) is 19.2 Å². The molecule has 1 aliphatic rings. The van der Waals surface area contributed by atoms with Crippen molar-refractivity contribution in [2.75, 3.05) is 26.5 Å². The van der Waals surface area contributed by atoms with E-state index in [4.69, 9.17) is 4.74 Å². The van der Waals surface area contributed by atoms with Crippen LogP contribution in [0.5, 0.6) is 5.75 Å². The van der Waals surface area contributed by atoms with Crippen molar-refractivity contribution >= 4 is 39.8 Å². The molecule has 1 saturated carbocycles.